The van der Waals surface area contributed by atoms with Crippen LogP contribution >= 0.6 is 35.3 Å². The Morgan fingerprint density at radius 3 is 2.60 bits per heavy atom. The molecule has 5 heteroatoms. The third-order valence-electron chi connectivity index (χ3n) is 2.88. The standard InChI is InChI=1S/C15H27N3S.HI/c1-5-16-15(17-11-14-7-6-10-19-14)18-13(4)9-8-12(2)3;/h6-7,10,12-13H,5,8-9,11H2,1-4H3,(H2,16,17,18);1H. The van der Waals surface area contributed by atoms with Gasteiger partial charge in [-0.3, -0.25) is 0 Å². The van der Waals surface area contributed by atoms with Crippen LogP contribution in [0, 0.1) is 5.92 Å². The second-order valence-electron chi connectivity index (χ2n) is 5.29. The lowest BCUT2D eigenvalue weighted by Crippen LogP contribution is -2.42. The normalized spacial score (nSPS) is 12.9. The molecule has 0 saturated carbocycles. The SMILES string of the molecule is CCNC(=NCc1cccs1)NC(C)CCC(C)C.I. The van der Waals surface area contributed by atoms with E-state index in [4.69, 9.17) is 0 Å². The predicted octanol–water partition coefficient (Wildman–Crippen LogP) is 4.25. The minimum Gasteiger partial charge on any atom is -0.357 e. The highest BCUT2D eigenvalue weighted by Gasteiger charge is 2.06. The summed E-state index contributed by atoms with van der Waals surface area (Å²) >= 11 is 1.75. The van der Waals surface area contributed by atoms with E-state index in [2.05, 4.69) is 60.8 Å². The Labute approximate surface area is 144 Å². The molecule has 2 N–H and O–H groups in total. The van der Waals surface area contributed by atoms with Gasteiger partial charge in [0.05, 0.1) is 6.54 Å². The number of rotatable bonds is 7. The molecule has 0 saturated heterocycles. The summed E-state index contributed by atoms with van der Waals surface area (Å²) in [6.07, 6.45) is 2.43. The third-order valence-corrected chi connectivity index (χ3v) is 3.74. The first-order valence-corrected chi connectivity index (χ1v) is 8.07. The Morgan fingerprint density at radius 2 is 2.05 bits per heavy atom. The number of aliphatic imine (C=N–C) groups is 1. The molecule has 0 amide bonds. The molecule has 0 aliphatic rings. The molecule has 1 aromatic heterocycles. The van der Waals surface area contributed by atoms with Gasteiger partial charge in [-0.1, -0.05) is 19.9 Å². The molecule has 1 unspecified atom stereocenters. The largest absolute Gasteiger partial charge is 0.357 e. The molecule has 0 bridgehead atoms. The van der Waals surface area contributed by atoms with Crippen LogP contribution in [-0.2, 0) is 6.54 Å². The van der Waals surface area contributed by atoms with Crippen LogP contribution in [0.3, 0.4) is 0 Å². The number of hydrogen-bond donors (Lipinski definition) is 2. The van der Waals surface area contributed by atoms with E-state index in [0.29, 0.717) is 6.04 Å². The number of hydrogen-bond acceptors (Lipinski definition) is 2. The summed E-state index contributed by atoms with van der Waals surface area (Å²) in [5.74, 6) is 1.68. The van der Waals surface area contributed by atoms with Gasteiger partial charge in [-0.05, 0) is 44.1 Å². The Kier molecular flexibility index (Phi) is 11.2. The third kappa shape index (κ3) is 8.79. The number of thiophene rings is 1. The molecule has 1 atom stereocenters. The van der Waals surface area contributed by atoms with Crippen LogP contribution in [0.5, 0.6) is 0 Å². The molecule has 0 aliphatic heterocycles. The monoisotopic (exact) mass is 409 g/mol. The zero-order valence-electron chi connectivity index (χ0n) is 13.0. The van der Waals surface area contributed by atoms with Gasteiger partial charge in [0.25, 0.3) is 0 Å². The highest BCUT2D eigenvalue weighted by molar-refractivity contribution is 14.0. The summed E-state index contributed by atoms with van der Waals surface area (Å²) in [5.41, 5.74) is 0. The van der Waals surface area contributed by atoms with Crippen molar-refractivity contribution in [3.8, 4) is 0 Å². The van der Waals surface area contributed by atoms with Gasteiger partial charge in [-0.2, -0.15) is 0 Å². The molecule has 20 heavy (non-hydrogen) atoms. The molecule has 116 valence electrons. The van der Waals surface area contributed by atoms with Crippen LogP contribution in [0.4, 0.5) is 0 Å². The van der Waals surface area contributed by atoms with Crippen LogP contribution in [0.2, 0.25) is 0 Å². The number of halogens is 1. The van der Waals surface area contributed by atoms with Gasteiger partial charge in [0.1, 0.15) is 0 Å². The lowest BCUT2D eigenvalue weighted by Gasteiger charge is -2.18. The zero-order valence-corrected chi connectivity index (χ0v) is 16.1. The Morgan fingerprint density at radius 1 is 1.30 bits per heavy atom. The molecule has 3 nitrogen and oxygen atoms in total. The molecular formula is C15H28IN3S. The van der Waals surface area contributed by atoms with Gasteiger partial charge in [0.2, 0.25) is 0 Å². The summed E-state index contributed by atoms with van der Waals surface area (Å²) in [4.78, 5) is 5.93. The van der Waals surface area contributed by atoms with E-state index >= 15 is 0 Å². The topological polar surface area (TPSA) is 36.4 Å². The fourth-order valence-electron chi connectivity index (χ4n) is 1.77. The van der Waals surface area contributed by atoms with Crippen molar-refractivity contribution in [1.29, 1.82) is 0 Å². The lowest BCUT2D eigenvalue weighted by molar-refractivity contribution is 0.489. The molecule has 0 fully saturated rings. The predicted molar refractivity (Wildman–Crippen MR) is 101 cm³/mol. The van der Waals surface area contributed by atoms with E-state index in [9.17, 15) is 0 Å². The van der Waals surface area contributed by atoms with Gasteiger partial charge in [0, 0.05) is 17.5 Å². The lowest BCUT2D eigenvalue weighted by atomic mass is 10.0. The summed E-state index contributed by atoms with van der Waals surface area (Å²) < 4.78 is 0. The minimum atomic E-state index is 0. The van der Waals surface area contributed by atoms with Crippen LogP contribution in [-0.4, -0.2) is 18.5 Å². The molecule has 0 radical (unpaired) electrons. The smallest absolute Gasteiger partial charge is 0.191 e. The highest BCUT2D eigenvalue weighted by Crippen LogP contribution is 2.09. The molecule has 0 aromatic carbocycles. The maximum Gasteiger partial charge on any atom is 0.191 e. The molecule has 1 rings (SSSR count). The van der Waals surface area contributed by atoms with Crippen LogP contribution in [0.1, 0.15) is 45.4 Å². The van der Waals surface area contributed by atoms with E-state index in [1.165, 1.54) is 17.7 Å². The van der Waals surface area contributed by atoms with E-state index in [0.717, 1.165) is 25.0 Å². The van der Waals surface area contributed by atoms with Crippen molar-refractivity contribution < 1.29 is 0 Å². The first-order chi connectivity index (χ1) is 9.11. The van der Waals surface area contributed by atoms with Crippen molar-refractivity contribution in [3.05, 3.63) is 22.4 Å². The summed E-state index contributed by atoms with van der Waals surface area (Å²) in [5, 5.41) is 8.88. The van der Waals surface area contributed by atoms with E-state index in [1.54, 1.807) is 11.3 Å². The zero-order chi connectivity index (χ0) is 14.1. The molecular weight excluding hydrogens is 381 g/mol. The fraction of sp³-hybridized carbons (Fsp3) is 0.667. The van der Waals surface area contributed by atoms with E-state index in [1.807, 2.05) is 0 Å². The summed E-state index contributed by atoms with van der Waals surface area (Å²) in [7, 11) is 0. The van der Waals surface area contributed by atoms with Gasteiger partial charge >= 0.3 is 0 Å². The van der Waals surface area contributed by atoms with Crippen molar-refractivity contribution in [1.82, 2.24) is 10.6 Å². The second-order valence-corrected chi connectivity index (χ2v) is 6.32. The second kappa shape index (κ2) is 11.4. The van der Waals surface area contributed by atoms with Crippen molar-refractivity contribution in [2.45, 2.75) is 53.1 Å². The molecule has 0 aliphatic carbocycles. The van der Waals surface area contributed by atoms with Gasteiger partial charge in [0.15, 0.2) is 5.96 Å². The van der Waals surface area contributed by atoms with Crippen LogP contribution in [0.25, 0.3) is 0 Å². The quantitative estimate of drug-likeness (QED) is 0.401. The number of guanidine groups is 1. The van der Waals surface area contributed by atoms with Crippen LogP contribution in [0.15, 0.2) is 22.5 Å². The van der Waals surface area contributed by atoms with E-state index < -0.39 is 0 Å². The van der Waals surface area contributed by atoms with Crippen molar-refractivity contribution in [2.24, 2.45) is 10.9 Å². The average Bonchev–Trinajstić information content (AvgIpc) is 2.87. The van der Waals surface area contributed by atoms with Gasteiger partial charge in [-0.25, -0.2) is 4.99 Å². The maximum atomic E-state index is 4.63. The fourth-order valence-corrected chi connectivity index (χ4v) is 2.40. The molecule has 1 heterocycles. The molecule has 0 spiro atoms. The Hall–Kier alpha value is -0.300. The first kappa shape index (κ1) is 19.7. The maximum absolute atomic E-state index is 4.63. The number of nitrogens with one attached hydrogen (secondary N) is 2. The van der Waals surface area contributed by atoms with Crippen molar-refractivity contribution in [3.63, 3.8) is 0 Å². The summed E-state index contributed by atoms with van der Waals surface area (Å²) in [6.45, 7) is 10.5. The average molecular weight is 409 g/mol. The van der Waals surface area contributed by atoms with Crippen molar-refractivity contribution >= 4 is 41.3 Å². The van der Waals surface area contributed by atoms with Crippen LogP contribution < -0.4 is 10.6 Å². The first-order valence-electron chi connectivity index (χ1n) is 7.19. The Bertz CT molecular complexity index is 363. The highest BCUT2D eigenvalue weighted by atomic mass is 127. The van der Waals surface area contributed by atoms with Gasteiger partial charge in [-0.15, -0.1) is 35.3 Å². The Balaban J connectivity index is 0.00000361. The van der Waals surface area contributed by atoms with Gasteiger partial charge < -0.3 is 10.6 Å². The number of nitrogens with zero attached hydrogens (tertiary/aromatic N) is 1. The minimum absolute atomic E-state index is 0. The molecule has 1 aromatic rings. The summed E-state index contributed by atoms with van der Waals surface area (Å²) in [6, 6.07) is 4.66. The van der Waals surface area contributed by atoms with E-state index in [-0.39, 0.29) is 24.0 Å². The van der Waals surface area contributed by atoms with Crippen molar-refractivity contribution in [2.75, 3.05) is 6.54 Å².